The van der Waals surface area contributed by atoms with E-state index in [2.05, 4.69) is 19.9 Å². The van der Waals surface area contributed by atoms with Gasteiger partial charge in [-0.3, -0.25) is 23.5 Å². The van der Waals surface area contributed by atoms with Crippen LogP contribution in [0.1, 0.15) is 52.0 Å². The third-order valence-electron chi connectivity index (χ3n) is 8.60. The Bertz CT molecular complexity index is 1700. The van der Waals surface area contributed by atoms with E-state index in [4.69, 9.17) is 20.9 Å². The number of aromatic nitrogens is 6. The molecule has 4 aromatic heterocycles. The minimum Gasteiger partial charge on any atom is -0.481 e. The molecule has 6 heterocycles. The van der Waals surface area contributed by atoms with Crippen LogP contribution in [0.2, 0.25) is 0 Å². The maximum atomic E-state index is 12.9. The maximum absolute atomic E-state index is 12.9. The van der Waals surface area contributed by atoms with Crippen molar-refractivity contribution in [2.24, 2.45) is 17.8 Å². The molecular weight excluding hydrogens is 616 g/mol. The van der Waals surface area contributed by atoms with E-state index in [-0.39, 0.29) is 36.0 Å². The average molecular weight is 649 g/mol. The number of aliphatic hydroxyl groups is 2. The molecule has 7 N–H and O–H groups in total. The molecule has 4 aromatic rings. The lowest BCUT2D eigenvalue weighted by Crippen LogP contribution is -2.42. The molecule has 0 amide bonds. The van der Waals surface area contributed by atoms with E-state index in [0.717, 1.165) is 22.7 Å². The summed E-state index contributed by atoms with van der Waals surface area (Å²) in [5.74, 6) is -3.34. The third-order valence-corrected chi connectivity index (χ3v) is 10.4. The molecule has 2 fully saturated rings. The maximum Gasteiger partial charge on any atom is 0.311 e. The molecule has 2 aliphatic heterocycles. The van der Waals surface area contributed by atoms with Crippen LogP contribution < -0.4 is 21.2 Å². The number of nitrogens with two attached hydrogens (primary N) is 2. The van der Waals surface area contributed by atoms with Crippen molar-refractivity contribution in [1.29, 1.82) is 0 Å². The van der Waals surface area contributed by atoms with Gasteiger partial charge in [0.25, 0.3) is 0 Å². The minimum absolute atomic E-state index is 0.0399. The van der Waals surface area contributed by atoms with E-state index in [0.29, 0.717) is 22.2 Å². The quantitative estimate of drug-likeness (QED) is 0.170. The van der Waals surface area contributed by atoms with Gasteiger partial charge in [0.15, 0.2) is 23.8 Å². The second-order valence-corrected chi connectivity index (χ2v) is 13.0. The second kappa shape index (κ2) is 11.8. The first-order chi connectivity index (χ1) is 21.0. The Morgan fingerprint density at radius 3 is 1.66 bits per heavy atom. The molecule has 236 valence electrons. The summed E-state index contributed by atoms with van der Waals surface area (Å²) < 4.78 is 15.9. The number of anilines is 2. The van der Waals surface area contributed by atoms with E-state index >= 15 is 0 Å². The zero-order chi connectivity index (χ0) is 31.4. The first-order valence-corrected chi connectivity index (χ1v) is 15.8. The van der Waals surface area contributed by atoms with Crippen LogP contribution >= 0.6 is 22.7 Å². The minimum atomic E-state index is -1.11. The number of nitrogens with zero attached hydrogens (tertiary/aromatic N) is 6. The zero-order valence-electron chi connectivity index (χ0n) is 23.7. The van der Waals surface area contributed by atoms with Crippen molar-refractivity contribution in [3.05, 3.63) is 31.7 Å². The lowest BCUT2D eigenvalue weighted by Gasteiger charge is -2.35. The number of thiazole rings is 2. The lowest BCUT2D eigenvalue weighted by molar-refractivity contribution is -0.155. The highest BCUT2D eigenvalue weighted by Gasteiger charge is 2.50. The summed E-state index contributed by atoms with van der Waals surface area (Å²) in [5, 5.41) is 32.7. The average Bonchev–Trinajstić information content (AvgIpc) is 3.70. The fourth-order valence-electron chi connectivity index (χ4n) is 6.70. The van der Waals surface area contributed by atoms with Gasteiger partial charge in [0.05, 0.1) is 39.9 Å². The van der Waals surface area contributed by atoms with Crippen molar-refractivity contribution in [3.63, 3.8) is 0 Å². The number of nitrogen functional groups attached to an aromatic ring is 2. The van der Waals surface area contributed by atoms with Gasteiger partial charge in [-0.2, -0.15) is 9.97 Å². The first kappa shape index (κ1) is 30.5. The second-order valence-electron chi connectivity index (χ2n) is 11.1. The summed E-state index contributed by atoms with van der Waals surface area (Å²) >= 11 is 1.79. The van der Waals surface area contributed by atoms with Crippen LogP contribution in [-0.4, -0.2) is 74.8 Å². The van der Waals surface area contributed by atoms with Gasteiger partial charge in [-0.15, -0.1) is 0 Å². The molecule has 0 aromatic carbocycles. The predicted molar refractivity (Wildman–Crippen MR) is 160 cm³/mol. The van der Waals surface area contributed by atoms with Gasteiger partial charge in [-0.05, 0) is 24.7 Å². The largest absolute Gasteiger partial charge is 0.481 e. The van der Waals surface area contributed by atoms with Gasteiger partial charge in [0.2, 0.25) is 11.9 Å². The molecule has 0 aliphatic carbocycles. The number of hydrogen-bond donors (Lipinski definition) is 5. The van der Waals surface area contributed by atoms with Crippen molar-refractivity contribution in [2.45, 2.75) is 76.4 Å². The van der Waals surface area contributed by atoms with Gasteiger partial charge in [-0.1, -0.05) is 36.5 Å². The number of carboxylic acids is 1. The van der Waals surface area contributed by atoms with Crippen LogP contribution in [0, 0.1) is 17.8 Å². The Morgan fingerprint density at radius 2 is 1.30 bits per heavy atom. The van der Waals surface area contributed by atoms with Gasteiger partial charge < -0.3 is 36.3 Å². The van der Waals surface area contributed by atoms with Gasteiger partial charge >= 0.3 is 15.7 Å². The lowest BCUT2D eigenvalue weighted by atomic mass is 9.72. The molecule has 2 saturated heterocycles. The fourth-order valence-corrected chi connectivity index (χ4v) is 8.34. The normalized spacial score (nSPS) is 27.6. The molecule has 0 bridgehead atoms. The van der Waals surface area contributed by atoms with Crippen LogP contribution in [0.15, 0.2) is 22.0 Å². The Hall–Kier alpha value is -3.55. The SMILES string of the molecule is CCC(C(C(=O)O)C(CC)[C@@H]1C[C@@H](O)[C@H](n2c(=O)sc3cnc(N)nc32)O1)[C@@H]1C[C@@H](O)[C@H](n2c(=O)sc3cnc(N)nc32)O1. The number of aliphatic carboxylic acids is 1. The summed E-state index contributed by atoms with van der Waals surface area (Å²) in [7, 11) is 0. The van der Waals surface area contributed by atoms with E-state index in [9.17, 15) is 29.7 Å². The fraction of sp³-hybridized carbons (Fsp3) is 0.577. The summed E-state index contributed by atoms with van der Waals surface area (Å²) in [6.07, 6.45) is -2.06. The molecule has 0 saturated carbocycles. The monoisotopic (exact) mass is 648 g/mol. The van der Waals surface area contributed by atoms with Crippen LogP contribution in [0.5, 0.6) is 0 Å². The van der Waals surface area contributed by atoms with Gasteiger partial charge in [-0.25, -0.2) is 9.97 Å². The van der Waals surface area contributed by atoms with Crippen molar-refractivity contribution in [3.8, 4) is 0 Å². The molecule has 0 radical (unpaired) electrons. The summed E-state index contributed by atoms with van der Waals surface area (Å²) in [6.45, 7) is 3.68. The Morgan fingerprint density at radius 1 is 0.886 bits per heavy atom. The van der Waals surface area contributed by atoms with Crippen LogP contribution in [0.25, 0.3) is 20.7 Å². The molecule has 44 heavy (non-hydrogen) atoms. The topological polar surface area (TPSA) is 244 Å². The van der Waals surface area contributed by atoms with E-state index < -0.39 is 70.3 Å². The van der Waals surface area contributed by atoms with Crippen LogP contribution in [-0.2, 0) is 14.3 Å². The molecule has 8 atom stereocenters. The summed E-state index contributed by atoms with van der Waals surface area (Å²) in [5.41, 5.74) is 12.0. The number of aliphatic hydroxyl groups excluding tert-OH is 2. The molecule has 0 spiro atoms. The molecule has 2 unspecified atom stereocenters. The number of rotatable bonds is 9. The van der Waals surface area contributed by atoms with Crippen molar-refractivity contribution in [2.75, 3.05) is 11.5 Å². The van der Waals surface area contributed by atoms with E-state index in [1.54, 1.807) is 0 Å². The van der Waals surface area contributed by atoms with Crippen LogP contribution in [0.3, 0.4) is 0 Å². The number of ether oxygens (including phenoxy) is 2. The van der Waals surface area contributed by atoms with Crippen LogP contribution in [0.4, 0.5) is 11.9 Å². The third kappa shape index (κ3) is 5.14. The standard InChI is InChI=1S/C26H32N8O8S2/c1-3-9(13-5-11(35)20(41-13)33-18-15(43-25(33)39)7-29-23(27)31-18)17(22(37)38)10(4-2)14-6-12(36)21(42-14)34-19-16(44-26(34)40)8-30-24(28)32-19/h7-14,17,20-21,35-36H,3-6H2,1-2H3,(H,37,38)(H2,27,29,31)(H2,28,30,32)/t9?,10?,11-,12-,13+,14+,17?,20-,21-/m1/s1. The van der Waals surface area contributed by atoms with Crippen molar-refractivity contribution < 1.29 is 29.6 Å². The van der Waals surface area contributed by atoms with Crippen molar-refractivity contribution in [1.82, 2.24) is 29.1 Å². The first-order valence-electron chi connectivity index (χ1n) is 14.2. The Labute approximate surface area is 256 Å². The number of carbonyl (C=O) groups is 1. The molecule has 16 nitrogen and oxygen atoms in total. The van der Waals surface area contributed by atoms with E-state index in [1.807, 2.05) is 13.8 Å². The number of hydrogen-bond acceptors (Lipinski definition) is 15. The van der Waals surface area contributed by atoms with Gasteiger partial charge in [0.1, 0.15) is 12.2 Å². The Kier molecular flexibility index (Phi) is 8.14. The highest BCUT2D eigenvalue weighted by molar-refractivity contribution is 7.16. The van der Waals surface area contributed by atoms with Crippen molar-refractivity contribution >= 4 is 61.2 Å². The summed E-state index contributed by atoms with van der Waals surface area (Å²) in [4.78, 5) is 54.0. The molecule has 18 heteroatoms. The zero-order valence-corrected chi connectivity index (χ0v) is 25.3. The molecular formula is C26H32N8O8S2. The predicted octanol–water partition coefficient (Wildman–Crippen LogP) is 0.934. The number of fused-ring (bicyclic) bond motifs is 2. The Balaban J connectivity index is 1.28. The molecule has 6 rings (SSSR count). The molecule has 2 aliphatic rings. The smallest absolute Gasteiger partial charge is 0.311 e. The summed E-state index contributed by atoms with van der Waals surface area (Å²) in [6, 6.07) is 0. The van der Waals surface area contributed by atoms with Gasteiger partial charge in [0, 0.05) is 12.8 Å². The highest BCUT2D eigenvalue weighted by Crippen LogP contribution is 2.44. The highest BCUT2D eigenvalue weighted by atomic mass is 32.1. The van der Waals surface area contributed by atoms with E-state index in [1.165, 1.54) is 21.5 Å². The number of carboxylic acid groups (broad SMARTS) is 1.